The van der Waals surface area contributed by atoms with Crippen molar-refractivity contribution in [3.05, 3.63) is 46.1 Å². The molecule has 2 saturated heterocycles. The second-order valence-corrected chi connectivity index (χ2v) is 11.6. The van der Waals surface area contributed by atoms with Gasteiger partial charge in [-0.3, -0.25) is 4.79 Å². The number of hydrogen-bond acceptors (Lipinski definition) is 8. The zero-order valence-electron chi connectivity index (χ0n) is 20.9. The lowest BCUT2D eigenvalue weighted by atomic mass is 9.78. The molecule has 3 aromatic heterocycles. The minimum atomic E-state index is -0.270. The van der Waals surface area contributed by atoms with Crippen LogP contribution in [0.5, 0.6) is 0 Å². The number of nitrogen functional groups attached to an aromatic ring is 1. The Bertz CT molecular complexity index is 1330. The Labute approximate surface area is 215 Å². The number of hydrogen-bond donors (Lipinski definition) is 3. The normalized spacial score (nSPS) is 28.0. The Morgan fingerprint density at radius 1 is 1.22 bits per heavy atom. The first-order valence-corrected chi connectivity index (χ1v) is 13.8. The van der Waals surface area contributed by atoms with Crippen LogP contribution in [-0.2, 0) is 17.6 Å². The van der Waals surface area contributed by atoms with Crippen molar-refractivity contribution in [3.63, 3.8) is 0 Å². The summed E-state index contributed by atoms with van der Waals surface area (Å²) in [7, 11) is 0. The number of rotatable bonds is 3. The van der Waals surface area contributed by atoms with Gasteiger partial charge in [-0.2, -0.15) is 0 Å². The lowest BCUT2D eigenvalue weighted by Gasteiger charge is -2.47. The lowest BCUT2D eigenvalue weighted by molar-refractivity contribution is -0.0427. The monoisotopic (exact) mass is 506 g/mol. The Morgan fingerprint density at radius 3 is 2.89 bits per heavy atom. The van der Waals surface area contributed by atoms with Gasteiger partial charge in [0.2, 0.25) is 0 Å². The van der Waals surface area contributed by atoms with Gasteiger partial charge in [0.15, 0.2) is 0 Å². The number of amides is 1. The van der Waals surface area contributed by atoms with Gasteiger partial charge < -0.3 is 26.4 Å². The number of nitrogens with two attached hydrogens (primary N) is 2. The second kappa shape index (κ2) is 8.97. The van der Waals surface area contributed by atoms with Crippen LogP contribution < -0.4 is 21.7 Å². The number of thiophene rings is 1. The summed E-state index contributed by atoms with van der Waals surface area (Å²) >= 11 is 1.36. The third-order valence-corrected chi connectivity index (χ3v) is 9.49. The van der Waals surface area contributed by atoms with E-state index in [0.717, 1.165) is 79.2 Å². The van der Waals surface area contributed by atoms with Crippen LogP contribution in [0.4, 0.5) is 11.5 Å². The number of carbonyl (C=O) groups is 1. The molecule has 6 rings (SSSR count). The fourth-order valence-corrected chi connectivity index (χ4v) is 7.17. The summed E-state index contributed by atoms with van der Waals surface area (Å²) in [6.07, 6.45) is 4.43. The molecule has 0 bridgehead atoms. The molecule has 0 radical (unpaired) electrons. The van der Waals surface area contributed by atoms with Crippen molar-refractivity contribution in [1.29, 1.82) is 0 Å². The zero-order valence-corrected chi connectivity index (χ0v) is 21.7. The molecule has 0 unspecified atom stereocenters. The van der Waals surface area contributed by atoms with Gasteiger partial charge in [0.1, 0.15) is 21.1 Å². The number of fused-ring (bicyclic) bond motifs is 2. The molecular formula is C27H34N6O2S. The van der Waals surface area contributed by atoms with Crippen molar-refractivity contribution < 1.29 is 9.53 Å². The number of pyridine rings is 2. The number of aromatic nitrogens is 2. The smallest absolute Gasteiger partial charge is 0.263 e. The van der Waals surface area contributed by atoms with E-state index in [1.54, 1.807) is 0 Å². The van der Waals surface area contributed by atoms with E-state index in [-0.39, 0.29) is 23.6 Å². The largest absolute Gasteiger partial charge is 0.397 e. The Morgan fingerprint density at radius 2 is 2.08 bits per heavy atom. The van der Waals surface area contributed by atoms with Crippen LogP contribution in [0.2, 0.25) is 0 Å². The summed E-state index contributed by atoms with van der Waals surface area (Å²) in [6.45, 7) is 6.68. The van der Waals surface area contributed by atoms with Gasteiger partial charge in [0.25, 0.3) is 5.91 Å². The number of nitrogens with one attached hydrogen (secondary N) is 1. The van der Waals surface area contributed by atoms with Crippen LogP contribution >= 0.6 is 11.3 Å². The molecule has 2 fully saturated rings. The first-order chi connectivity index (χ1) is 17.3. The molecule has 8 nitrogen and oxygen atoms in total. The topological polar surface area (TPSA) is 119 Å². The molecule has 2 aliphatic heterocycles. The van der Waals surface area contributed by atoms with E-state index < -0.39 is 0 Å². The fourth-order valence-electron chi connectivity index (χ4n) is 6.12. The lowest BCUT2D eigenvalue weighted by Crippen LogP contribution is -2.63. The van der Waals surface area contributed by atoms with Crippen LogP contribution in [0.3, 0.4) is 0 Å². The molecule has 1 amide bonds. The number of piperidine rings is 1. The molecule has 3 aromatic rings. The quantitative estimate of drug-likeness (QED) is 0.499. The molecule has 190 valence electrons. The molecule has 1 aliphatic carbocycles. The van der Waals surface area contributed by atoms with Crippen molar-refractivity contribution in [2.45, 2.75) is 63.6 Å². The van der Waals surface area contributed by atoms with Gasteiger partial charge in [-0.15, -0.1) is 11.3 Å². The van der Waals surface area contributed by atoms with Crippen LogP contribution in [0.15, 0.2) is 24.3 Å². The van der Waals surface area contributed by atoms with Gasteiger partial charge in [0.05, 0.1) is 12.2 Å². The molecule has 1 spiro atoms. The summed E-state index contributed by atoms with van der Waals surface area (Å²) in [5, 5.41) is 4.05. The summed E-state index contributed by atoms with van der Waals surface area (Å²) < 4.78 is 6.24. The highest BCUT2D eigenvalue weighted by molar-refractivity contribution is 7.21. The minimum absolute atomic E-state index is 0.0564. The molecule has 3 aliphatic rings. The second-order valence-electron chi connectivity index (χ2n) is 10.6. The fraction of sp³-hybridized carbons (Fsp3) is 0.519. The molecule has 9 heteroatoms. The van der Waals surface area contributed by atoms with Gasteiger partial charge in [-0.1, -0.05) is 13.0 Å². The van der Waals surface area contributed by atoms with Crippen molar-refractivity contribution in [2.75, 3.05) is 30.3 Å². The number of anilines is 2. The van der Waals surface area contributed by atoms with Gasteiger partial charge in [0, 0.05) is 42.0 Å². The number of carbonyl (C=O) groups excluding carboxylic acids is 1. The molecular weight excluding hydrogens is 472 g/mol. The molecule has 4 atom stereocenters. The van der Waals surface area contributed by atoms with Crippen LogP contribution in [0.25, 0.3) is 10.2 Å². The molecule has 36 heavy (non-hydrogen) atoms. The van der Waals surface area contributed by atoms with Gasteiger partial charge >= 0.3 is 0 Å². The third kappa shape index (κ3) is 3.93. The third-order valence-electron chi connectivity index (χ3n) is 8.38. The molecule has 5 N–H and O–H groups in total. The maximum Gasteiger partial charge on any atom is 0.263 e. The first-order valence-electron chi connectivity index (χ1n) is 12.9. The van der Waals surface area contributed by atoms with E-state index in [1.165, 1.54) is 16.9 Å². The maximum absolute atomic E-state index is 13.1. The highest BCUT2D eigenvalue weighted by Gasteiger charge is 2.50. The Hall–Kier alpha value is -2.75. The number of aryl methyl sites for hydroxylation is 2. The number of ether oxygens (including phenoxy) is 1. The van der Waals surface area contributed by atoms with E-state index in [1.807, 2.05) is 19.1 Å². The van der Waals surface area contributed by atoms with Crippen LogP contribution in [0, 0.1) is 12.8 Å². The van der Waals surface area contributed by atoms with Crippen LogP contribution in [0.1, 0.15) is 52.8 Å². The van der Waals surface area contributed by atoms with E-state index in [2.05, 4.69) is 34.3 Å². The maximum atomic E-state index is 13.1. The van der Waals surface area contributed by atoms with Gasteiger partial charge in [-0.25, -0.2) is 9.97 Å². The standard InChI is InChI=1S/C27H34N6O2S/c1-15-10-12-35-27(15)14-33(11-9-21(27)28)22-8-4-17-13-18(5-7-20(17)32-22)31-25(34)24-23(29)19-6-3-16(2)30-26(19)36-24/h3-4,6,8,15,18,21H,5,7,9-14,28-29H2,1-2H3,(H,31,34)/t15-,18-,21-,27-/m0/s1. The zero-order chi connectivity index (χ0) is 25.0. The van der Waals surface area contributed by atoms with E-state index in [4.69, 9.17) is 21.2 Å². The first kappa shape index (κ1) is 23.6. The molecule has 5 heterocycles. The Kier molecular flexibility index (Phi) is 5.89. The highest BCUT2D eigenvalue weighted by atomic mass is 32.1. The summed E-state index contributed by atoms with van der Waals surface area (Å²) in [5.41, 5.74) is 16.3. The highest BCUT2D eigenvalue weighted by Crippen LogP contribution is 2.40. The minimum Gasteiger partial charge on any atom is -0.397 e. The van der Waals surface area contributed by atoms with Crippen molar-refractivity contribution >= 4 is 39.0 Å². The summed E-state index contributed by atoms with van der Waals surface area (Å²) in [6, 6.07) is 8.29. The van der Waals surface area contributed by atoms with E-state index in [9.17, 15) is 4.79 Å². The summed E-state index contributed by atoms with van der Waals surface area (Å²) in [5.74, 6) is 1.34. The average molecular weight is 507 g/mol. The van der Waals surface area contributed by atoms with E-state index in [0.29, 0.717) is 16.5 Å². The number of nitrogens with zero attached hydrogens (tertiary/aromatic N) is 3. The summed E-state index contributed by atoms with van der Waals surface area (Å²) in [4.78, 5) is 26.4. The van der Waals surface area contributed by atoms with Crippen molar-refractivity contribution in [3.8, 4) is 0 Å². The van der Waals surface area contributed by atoms with E-state index >= 15 is 0 Å². The van der Waals surface area contributed by atoms with Crippen LogP contribution in [-0.4, -0.2) is 53.3 Å². The molecule has 0 aromatic carbocycles. The predicted molar refractivity (Wildman–Crippen MR) is 144 cm³/mol. The van der Waals surface area contributed by atoms with Crippen molar-refractivity contribution in [1.82, 2.24) is 15.3 Å². The van der Waals surface area contributed by atoms with Gasteiger partial charge in [-0.05, 0) is 68.7 Å². The Balaban J connectivity index is 1.15. The molecule has 0 saturated carbocycles. The SMILES string of the molecule is Cc1ccc2c(N)c(C(=O)N[C@H]3CCc4nc(N5CC[C@H](N)[C@@]6(C5)OCC[C@@H]6C)ccc4C3)sc2n1. The average Bonchev–Trinajstić information content (AvgIpc) is 3.40. The predicted octanol–water partition coefficient (Wildman–Crippen LogP) is 3.20. The van der Waals surface area contributed by atoms with Crippen molar-refractivity contribution in [2.24, 2.45) is 11.7 Å².